The Bertz CT molecular complexity index is 552. The van der Waals surface area contributed by atoms with Crippen LogP contribution in [-0.4, -0.2) is 44.3 Å². The first-order valence-corrected chi connectivity index (χ1v) is 6.67. The molecule has 1 aliphatic heterocycles. The van der Waals surface area contributed by atoms with Crippen molar-refractivity contribution >= 4 is 17.7 Å². The van der Waals surface area contributed by atoms with Crippen LogP contribution in [0, 0.1) is 12.8 Å². The van der Waals surface area contributed by atoms with Crippen LogP contribution in [0.25, 0.3) is 0 Å². The van der Waals surface area contributed by atoms with Crippen LogP contribution in [0.1, 0.15) is 35.8 Å². The molecule has 2 unspecified atom stereocenters. The number of hydrogen-bond acceptors (Lipinski definition) is 4. The molecular weight excluding hydrogens is 260 g/mol. The Morgan fingerprint density at radius 1 is 1.45 bits per heavy atom. The van der Waals surface area contributed by atoms with E-state index in [1.54, 1.807) is 14.0 Å². The van der Waals surface area contributed by atoms with Gasteiger partial charge >= 0.3 is 5.97 Å². The number of hydrogen-bond donors (Lipinski definition) is 2. The number of likely N-dealkylation sites (tertiary alicyclic amines) is 1. The van der Waals surface area contributed by atoms with Crippen molar-refractivity contribution in [2.75, 3.05) is 12.3 Å². The quantitative estimate of drug-likeness (QED) is 0.827. The molecule has 0 spiro atoms. The fourth-order valence-corrected chi connectivity index (χ4v) is 2.88. The molecule has 0 radical (unpaired) electrons. The average molecular weight is 280 g/mol. The number of anilines is 1. The van der Waals surface area contributed by atoms with Gasteiger partial charge < -0.3 is 15.7 Å². The number of amides is 1. The van der Waals surface area contributed by atoms with E-state index < -0.39 is 12.0 Å². The highest BCUT2D eigenvalue weighted by Crippen LogP contribution is 2.27. The van der Waals surface area contributed by atoms with Gasteiger partial charge in [-0.1, -0.05) is 6.92 Å². The number of nitrogens with zero attached hydrogens (tertiary/aromatic N) is 3. The summed E-state index contributed by atoms with van der Waals surface area (Å²) in [6.45, 7) is 4.00. The lowest BCUT2D eigenvalue weighted by Crippen LogP contribution is -2.52. The molecule has 2 rings (SSSR count). The molecule has 3 N–H and O–H groups in total. The SMILES string of the molecule is Cc1nn(C)c(N)c1C(=O)N1CCCC(C)C1C(=O)O. The first-order chi connectivity index (χ1) is 9.34. The highest BCUT2D eigenvalue weighted by Gasteiger charge is 2.38. The van der Waals surface area contributed by atoms with E-state index in [4.69, 9.17) is 5.73 Å². The second-order valence-electron chi connectivity index (χ2n) is 5.37. The summed E-state index contributed by atoms with van der Waals surface area (Å²) < 4.78 is 1.44. The molecule has 0 saturated carbocycles. The Kier molecular flexibility index (Phi) is 3.69. The van der Waals surface area contributed by atoms with Crippen LogP contribution in [0.2, 0.25) is 0 Å². The molecule has 20 heavy (non-hydrogen) atoms. The molecule has 1 fully saturated rings. The minimum absolute atomic E-state index is 0.0663. The fourth-order valence-electron chi connectivity index (χ4n) is 2.88. The smallest absolute Gasteiger partial charge is 0.326 e. The molecule has 2 atom stereocenters. The van der Waals surface area contributed by atoms with Gasteiger partial charge in [0.05, 0.1) is 5.69 Å². The zero-order valence-corrected chi connectivity index (χ0v) is 12.0. The summed E-state index contributed by atoms with van der Waals surface area (Å²) in [6, 6.07) is -0.796. The number of nitrogen functional groups attached to an aromatic ring is 1. The maximum atomic E-state index is 12.6. The topological polar surface area (TPSA) is 101 Å². The third-order valence-electron chi connectivity index (χ3n) is 3.93. The van der Waals surface area contributed by atoms with Crippen LogP contribution in [0.3, 0.4) is 0 Å². The van der Waals surface area contributed by atoms with Crippen molar-refractivity contribution in [2.24, 2.45) is 13.0 Å². The molecule has 0 aromatic carbocycles. The normalized spacial score (nSPS) is 22.9. The van der Waals surface area contributed by atoms with Crippen LogP contribution in [-0.2, 0) is 11.8 Å². The number of piperidine rings is 1. The highest BCUT2D eigenvalue weighted by molar-refractivity contribution is 6.01. The molecule has 7 nitrogen and oxygen atoms in total. The minimum Gasteiger partial charge on any atom is -0.480 e. The summed E-state index contributed by atoms with van der Waals surface area (Å²) >= 11 is 0. The molecule has 0 bridgehead atoms. The van der Waals surface area contributed by atoms with Gasteiger partial charge in [0.25, 0.3) is 5.91 Å². The zero-order valence-electron chi connectivity index (χ0n) is 12.0. The Morgan fingerprint density at radius 3 is 2.60 bits per heavy atom. The first kappa shape index (κ1) is 14.4. The van der Waals surface area contributed by atoms with Crippen LogP contribution in [0.15, 0.2) is 0 Å². The Balaban J connectivity index is 2.38. The van der Waals surface area contributed by atoms with Crippen molar-refractivity contribution in [3.05, 3.63) is 11.3 Å². The van der Waals surface area contributed by atoms with Gasteiger partial charge in [0.15, 0.2) is 0 Å². The van der Waals surface area contributed by atoms with E-state index in [-0.39, 0.29) is 17.6 Å². The van der Waals surface area contributed by atoms with Crippen molar-refractivity contribution < 1.29 is 14.7 Å². The van der Waals surface area contributed by atoms with Gasteiger partial charge in [-0.05, 0) is 25.7 Å². The van der Waals surface area contributed by atoms with Crippen molar-refractivity contribution in [3.8, 4) is 0 Å². The molecule has 7 heteroatoms. The molecule has 1 aromatic heterocycles. The van der Waals surface area contributed by atoms with Crippen molar-refractivity contribution in [1.29, 1.82) is 0 Å². The minimum atomic E-state index is -0.967. The largest absolute Gasteiger partial charge is 0.480 e. The van der Waals surface area contributed by atoms with Gasteiger partial charge in [0.1, 0.15) is 17.4 Å². The summed E-state index contributed by atoms with van der Waals surface area (Å²) in [7, 11) is 1.66. The number of aryl methyl sites for hydroxylation is 2. The molecule has 110 valence electrons. The number of nitrogens with two attached hydrogens (primary N) is 1. The second-order valence-corrected chi connectivity index (χ2v) is 5.37. The van der Waals surface area contributed by atoms with Crippen molar-refractivity contribution in [3.63, 3.8) is 0 Å². The molecule has 1 amide bonds. The fraction of sp³-hybridized carbons (Fsp3) is 0.615. The summed E-state index contributed by atoms with van der Waals surface area (Å²) in [4.78, 5) is 25.5. The van der Waals surface area contributed by atoms with Gasteiger partial charge in [-0.15, -0.1) is 0 Å². The number of carbonyl (C=O) groups excluding carboxylic acids is 1. The third-order valence-corrected chi connectivity index (χ3v) is 3.93. The lowest BCUT2D eigenvalue weighted by Gasteiger charge is -2.37. The summed E-state index contributed by atoms with van der Waals surface area (Å²) in [5.41, 5.74) is 6.71. The molecule has 1 aliphatic rings. The molecule has 1 aromatic rings. The summed E-state index contributed by atoms with van der Waals surface area (Å²) in [5.74, 6) is -1.10. The number of aromatic nitrogens is 2. The number of aliphatic carboxylic acids is 1. The van der Waals surface area contributed by atoms with E-state index in [0.717, 1.165) is 12.8 Å². The van der Waals surface area contributed by atoms with Crippen molar-refractivity contribution in [1.82, 2.24) is 14.7 Å². The third kappa shape index (κ3) is 2.23. The molecular formula is C13H20N4O3. The molecule has 0 aliphatic carbocycles. The van der Waals surface area contributed by atoms with Gasteiger partial charge in [-0.2, -0.15) is 5.10 Å². The predicted molar refractivity (Wildman–Crippen MR) is 73.2 cm³/mol. The standard InChI is InChI=1S/C13H20N4O3/c1-7-5-4-6-17(10(7)13(19)20)12(18)9-8(2)15-16(3)11(9)14/h7,10H,4-6,14H2,1-3H3,(H,19,20). The average Bonchev–Trinajstić information content (AvgIpc) is 2.61. The summed E-state index contributed by atoms with van der Waals surface area (Å²) in [5, 5.41) is 13.5. The monoisotopic (exact) mass is 280 g/mol. The van der Waals surface area contributed by atoms with Gasteiger partial charge in [-0.3, -0.25) is 9.48 Å². The number of carboxylic acids is 1. The van der Waals surface area contributed by atoms with Crippen molar-refractivity contribution in [2.45, 2.75) is 32.7 Å². The van der Waals surface area contributed by atoms with Crippen LogP contribution in [0.5, 0.6) is 0 Å². The molecule has 1 saturated heterocycles. The predicted octanol–water partition coefficient (Wildman–Crippen LogP) is 0.636. The Hall–Kier alpha value is -2.05. The Labute approximate surface area is 117 Å². The number of carboxylic acid groups (broad SMARTS) is 1. The second kappa shape index (κ2) is 5.15. The zero-order chi connectivity index (χ0) is 15.0. The highest BCUT2D eigenvalue weighted by atomic mass is 16.4. The first-order valence-electron chi connectivity index (χ1n) is 6.67. The number of rotatable bonds is 2. The van der Waals surface area contributed by atoms with E-state index in [1.165, 1.54) is 9.58 Å². The van der Waals surface area contributed by atoms with Gasteiger partial charge in [-0.25, -0.2) is 4.79 Å². The van der Waals surface area contributed by atoms with E-state index in [2.05, 4.69) is 5.10 Å². The Morgan fingerprint density at radius 2 is 2.10 bits per heavy atom. The van der Waals surface area contributed by atoms with Gasteiger partial charge in [0, 0.05) is 13.6 Å². The van der Waals surface area contributed by atoms with E-state index in [0.29, 0.717) is 17.8 Å². The maximum absolute atomic E-state index is 12.6. The van der Waals surface area contributed by atoms with Crippen LogP contribution < -0.4 is 5.73 Å². The summed E-state index contributed by atoms with van der Waals surface area (Å²) in [6.07, 6.45) is 1.61. The van der Waals surface area contributed by atoms with Crippen LogP contribution in [0.4, 0.5) is 5.82 Å². The van der Waals surface area contributed by atoms with Crippen LogP contribution >= 0.6 is 0 Å². The maximum Gasteiger partial charge on any atom is 0.326 e. The van der Waals surface area contributed by atoms with E-state index in [9.17, 15) is 14.7 Å². The lowest BCUT2D eigenvalue weighted by atomic mass is 9.90. The number of carbonyl (C=O) groups is 2. The molecule has 2 heterocycles. The van der Waals surface area contributed by atoms with Gasteiger partial charge in [0.2, 0.25) is 0 Å². The van der Waals surface area contributed by atoms with E-state index >= 15 is 0 Å². The van der Waals surface area contributed by atoms with E-state index in [1.807, 2.05) is 6.92 Å². The lowest BCUT2D eigenvalue weighted by molar-refractivity contribution is -0.145.